The van der Waals surface area contributed by atoms with Crippen LogP contribution >= 0.6 is 23.1 Å². The monoisotopic (exact) mass is 428 g/mol. The second-order valence-corrected chi connectivity index (χ2v) is 10.2. The van der Waals surface area contributed by atoms with Gasteiger partial charge in [0.1, 0.15) is 4.83 Å². The largest absolute Gasteiger partial charge is 0.372 e. The lowest BCUT2D eigenvalue weighted by atomic mass is 9.96. The van der Waals surface area contributed by atoms with Gasteiger partial charge in [0, 0.05) is 17.1 Å². The number of unbranched alkanes of at least 4 members (excludes halogenated alkanes) is 1. The Hall–Kier alpha value is -1.63. The zero-order valence-corrected chi connectivity index (χ0v) is 19.2. The minimum atomic E-state index is 0.0569. The van der Waals surface area contributed by atoms with Gasteiger partial charge in [0.05, 0.1) is 23.8 Å². The molecule has 4 rings (SSSR count). The van der Waals surface area contributed by atoms with Crippen LogP contribution in [0.25, 0.3) is 15.9 Å². The van der Waals surface area contributed by atoms with Gasteiger partial charge in [0.15, 0.2) is 5.16 Å². The summed E-state index contributed by atoms with van der Waals surface area (Å²) in [4.78, 5) is 20.8. The standard InChI is InChI=1S/C23H28N2O2S2/c1-5-6-10-28-23-24-21-20(17-12-18(14(2)3)27-13-19(17)29-21)22(26)25(23)16-9-7-8-15(4)11-16/h7-9,11,14,18H,5-6,10,12-13H2,1-4H3/t18-/m0/s1. The quantitative estimate of drug-likeness (QED) is 0.285. The normalized spacial score (nSPS) is 16.5. The van der Waals surface area contributed by atoms with Gasteiger partial charge >= 0.3 is 0 Å². The third-order valence-electron chi connectivity index (χ3n) is 5.44. The second-order valence-electron chi connectivity index (χ2n) is 8.06. The Labute approximate surface area is 180 Å². The first-order valence-corrected chi connectivity index (χ1v) is 12.2. The molecule has 1 aromatic carbocycles. The third kappa shape index (κ3) is 4.03. The summed E-state index contributed by atoms with van der Waals surface area (Å²) in [6, 6.07) is 8.14. The van der Waals surface area contributed by atoms with Gasteiger partial charge < -0.3 is 4.74 Å². The van der Waals surface area contributed by atoms with Crippen LogP contribution in [0.1, 0.15) is 49.6 Å². The van der Waals surface area contributed by atoms with Crippen LogP contribution in [0.5, 0.6) is 0 Å². The Morgan fingerprint density at radius 2 is 2.21 bits per heavy atom. The summed E-state index contributed by atoms with van der Waals surface area (Å²) < 4.78 is 7.87. The fourth-order valence-corrected chi connectivity index (χ4v) is 6.00. The number of aryl methyl sites for hydroxylation is 1. The van der Waals surface area contributed by atoms with E-state index in [0.29, 0.717) is 12.5 Å². The van der Waals surface area contributed by atoms with Gasteiger partial charge in [-0.15, -0.1) is 11.3 Å². The zero-order chi connectivity index (χ0) is 20.5. The van der Waals surface area contributed by atoms with E-state index in [1.54, 1.807) is 23.1 Å². The van der Waals surface area contributed by atoms with Crippen molar-refractivity contribution in [2.45, 2.75) is 64.8 Å². The van der Waals surface area contributed by atoms with Gasteiger partial charge in [-0.1, -0.05) is 51.1 Å². The molecule has 0 saturated heterocycles. The average molecular weight is 429 g/mol. The Balaban J connectivity index is 1.91. The lowest BCUT2D eigenvalue weighted by molar-refractivity contribution is 0.00200. The summed E-state index contributed by atoms with van der Waals surface area (Å²) in [5.74, 6) is 1.39. The molecule has 1 aliphatic rings. The minimum absolute atomic E-state index is 0.0569. The maximum absolute atomic E-state index is 13.8. The fraction of sp³-hybridized carbons (Fsp3) is 0.478. The highest BCUT2D eigenvalue weighted by Gasteiger charge is 2.28. The maximum Gasteiger partial charge on any atom is 0.267 e. The number of ether oxygens (including phenoxy) is 1. The highest BCUT2D eigenvalue weighted by atomic mass is 32.2. The summed E-state index contributed by atoms with van der Waals surface area (Å²) in [6.45, 7) is 9.18. The molecule has 0 saturated carbocycles. The molecule has 6 heteroatoms. The number of thiophene rings is 1. The van der Waals surface area contributed by atoms with E-state index in [1.807, 2.05) is 16.7 Å². The van der Waals surface area contributed by atoms with Crippen molar-refractivity contribution >= 4 is 33.3 Å². The third-order valence-corrected chi connectivity index (χ3v) is 7.57. The highest BCUT2D eigenvalue weighted by Crippen LogP contribution is 2.36. The molecule has 0 radical (unpaired) electrons. The van der Waals surface area contributed by atoms with Gasteiger partial charge in [-0.05, 0) is 42.5 Å². The first kappa shape index (κ1) is 20.6. The molecule has 0 fully saturated rings. The van der Waals surface area contributed by atoms with Crippen molar-refractivity contribution in [2.75, 3.05) is 5.75 Å². The van der Waals surface area contributed by atoms with Crippen LogP contribution in [-0.2, 0) is 17.8 Å². The number of rotatable bonds is 6. The van der Waals surface area contributed by atoms with Crippen LogP contribution in [0, 0.1) is 12.8 Å². The molecule has 2 aromatic heterocycles. The van der Waals surface area contributed by atoms with E-state index in [9.17, 15) is 4.79 Å². The number of hydrogen-bond acceptors (Lipinski definition) is 5. The Bertz CT molecular complexity index is 1080. The van der Waals surface area contributed by atoms with Crippen LogP contribution < -0.4 is 5.56 Å². The molecule has 154 valence electrons. The lowest BCUT2D eigenvalue weighted by Crippen LogP contribution is -2.28. The molecule has 4 nitrogen and oxygen atoms in total. The number of benzene rings is 1. The minimum Gasteiger partial charge on any atom is -0.372 e. The number of aromatic nitrogens is 2. The van der Waals surface area contributed by atoms with Crippen LogP contribution in [-0.4, -0.2) is 21.4 Å². The first-order chi connectivity index (χ1) is 14.0. The molecule has 0 amide bonds. The summed E-state index contributed by atoms with van der Waals surface area (Å²) in [5.41, 5.74) is 3.25. The van der Waals surface area contributed by atoms with Crippen molar-refractivity contribution in [3.05, 3.63) is 50.6 Å². The van der Waals surface area contributed by atoms with Gasteiger partial charge in [0.2, 0.25) is 0 Å². The molecule has 0 N–H and O–H groups in total. The van der Waals surface area contributed by atoms with E-state index in [-0.39, 0.29) is 11.7 Å². The highest BCUT2D eigenvalue weighted by molar-refractivity contribution is 7.99. The van der Waals surface area contributed by atoms with Gasteiger partial charge in [0.25, 0.3) is 5.56 Å². The van der Waals surface area contributed by atoms with Crippen molar-refractivity contribution in [1.29, 1.82) is 0 Å². The summed E-state index contributed by atoms with van der Waals surface area (Å²) >= 11 is 3.31. The van der Waals surface area contributed by atoms with Crippen molar-refractivity contribution in [2.24, 2.45) is 5.92 Å². The molecule has 3 heterocycles. The summed E-state index contributed by atoms with van der Waals surface area (Å²) in [6.07, 6.45) is 3.19. The molecule has 1 aliphatic heterocycles. The SMILES string of the molecule is CCCCSc1nc2sc3c(c2c(=O)n1-c1cccc(C)c1)C[C@@H](C(C)C)OC3. The van der Waals surface area contributed by atoms with Gasteiger partial charge in [-0.25, -0.2) is 4.98 Å². The number of nitrogens with zero attached hydrogens (tertiary/aromatic N) is 2. The predicted octanol–water partition coefficient (Wildman–Crippen LogP) is 5.75. The average Bonchev–Trinajstić information content (AvgIpc) is 3.06. The molecule has 0 aliphatic carbocycles. The number of fused-ring (bicyclic) bond motifs is 3. The number of thioether (sulfide) groups is 1. The van der Waals surface area contributed by atoms with Gasteiger partial charge in [-0.2, -0.15) is 0 Å². The van der Waals surface area contributed by atoms with Crippen molar-refractivity contribution < 1.29 is 4.74 Å². The molecule has 0 bridgehead atoms. The summed E-state index contributed by atoms with van der Waals surface area (Å²) in [5, 5.41) is 1.58. The van der Waals surface area contributed by atoms with E-state index in [4.69, 9.17) is 9.72 Å². The van der Waals surface area contributed by atoms with E-state index in [1.165, 1.54) is 0 Å². The van der Waals surface area contributed by atoms with E-state index >= 15 is 0 Å². The van der Waals surface area contributed by atoms with Crippen LogP contribution in [0.2, 0.25) is 0 Å². The van der Waals surface area contributed by atoms with E-state index in [2.05, 4.69) is 39.8 Å². The van der Waals surface area contributed by atoms with Crippen LogP contribution in [0.3, 0.4) is 0 Å². The Morgan fingerprint density at radius 3 is 2.93 bits per heavy atom. The zero-order valence-electron chi connectivity index (χ0n) is 17.5. The predicted molar refractivity (Wildman–Crippen MR) is 123 cm³/mol. The Morgan fingerprint density at radius 1 is 1.38 bits per heavy atom. The van der Waals surface area contributed by atoms with Crippen LogP contribution in [0.15, 0.2) is 34.2 Å². The van der Waals surface area contributed by atoms with Crippen molar-refractivity contribution in [3.63, 3.8) is 0 Å². The van der Waals surface area contributed by atoms with Crippen LogP contribution in [0.4, 0.5) is 0 Å². The van der Waals surface area contributed by atoms with Gasteiger partial charge in [-0.3, -0.25) is 9.36 Å². The topological polar surface area (TPSA) is 44.1 Å². The second kappa shape index (κ2) is 8.62. The summed E-state index contributed by atoms with van der Waals surface area (Å²) in [7, 11) is 0. The first-order valence-electron chi connectivity index (χ1n) is 10.4. The molecular weight excluding hydrogens is 400 g/mol. The maximum atomic E-state index is 13.8. The molecule has 1 atom stereocenters. The fourth-order valence-electron chi connectivity index (χ4n) is 3.74. The van der Waals surface area contributed by atoms with Crippen molar-refractivity contribution in [3.8, 4) is 5.69 Å². The molecule has 0 spiro atoms. The van der Waals surface area contributed by atoms with E-state index < -0.39 is 0 Å². The molecule has 29 heavy (non-hydrogen) atoms. The molecule has 0 unspecified atom stereocenters. The molecular formula is C23H28N2O2S2. The number of hydrogen-bond donors (Lipinski definition) is 0. The smallest absolute Gasteiger partial charge is 0.267 e. The molecule has 3 aromatic rings. The Kier molecular flexibility index (Phi) is 6.13. The van der Waals surface area contributed by atoms with E-state index in [0.717, 1.165) is 62.1 Å². The lowest BCUT2D eigenvalue weighted by Gasteiger charge is -2.26. The van der Waals surface area contributed by atoms with Crippen molar-refractivity contribution in [1.82, 2.24) is 9.55 Å².